The third-order valence-corrected chi connectivity index (χ3v) is 3.03. The summed E-state index contributed by atoms with van der Waals surface area (Å²) in [6.07, 6.45) is 2.39. The highest BCUT2D eigenvalue weighted by molar-refractivity contribution is 5.97. The van der Waals surface area contributed by atoms with Crippen LogP contribution in [-0.2, 0) is 0 Å². The molecule has 17 heavy (non-hydrogen) atoms. The van der Waals surface area contributed by atoms with Crippen LogP contribution in [0.3, 0.4) is 0 Å². The van der Waals surface area contributed by atoms with Gasteiger partial charge in [-0.05, 0) is 30.9 Å². The molecule has 1 aliphatic carbocycles. The Hall–Kier alpha value is -1.71. The van der Waals surface area contributed by atoms with Gasteiger partial charge in [-0.3, -0.25) is 4.79 Å². The van der Waals surface area contributed by atoms with E-state index in [1.54, 1.807) is 30.1 Å². The lowest BCUT2D eigenvalue weighted by Gasteiger charge is -2.18. The quantitative estimate of drug-likeness (QED) is 0.867. The minimum absolute atomic E-state index is 0.0809. The lowest BCUT2D eigenvalue weighted by atomic mass is 10.1. The molecule has 2 rings (SSSR count). The highest BCUT2D eigenvalue weighted by Gasteiger charge is 2.26. The van der Waals surface area contributed by atoms with Gasteiger partial charge in [0.05, 0.1) is 12.7 Å². The number of rotatable bonds is 4. The van der Waals surface area contributed by atoms with Crippen molar-refractivity contribution in [1.29, 1.82) is 0 Å². The highest BCUT2D eigenvalue weighted by atomic mass is 16.5. The number of nitrogens with zero attached hydrogens (tertiary/aromatic N) is 1. The highest BCUT2D eigenvalue weighted by Crippen LogP contribution is 2.32. The van der Waals surface area contributed by atoms with E-state index in [0.717, 1.165) is 6.54 Å². The van der Waals surface area contributed by atoms with E-state index in [-0.39, 0.29) is 11.7 Å². The van der Waals surface area contributed by atoms with E-state index < -0.39 is 0 Å². The monoisotopic (exact) mass is 235 g/mol. The van der Waals surface area contributed by atoms with E-state index >= 15 is 0 Å². The number of ether oxygens (including phenoxy) is 1. The van der Waals surface area contributed by atoms with Crippen LogP contribution in [0.25, 0.3) is 0 Å². The number of carbonyl (C=O) groups is 1. The van der Waals surface area contributed by atoms with Crippen LogP contribution in [0.1, 0.15) is 23.2 Å². The molecule has 0 aliphatic heterocycles. The Kier molecular flexibility index (Phi) is 3.22. The van der Waals surface area contributed by atoms with Crippen molar-refractivity contribution in [2.24, 2.45) is 5.92 Å². The van der Waals surface area contributed by atoms with Crippen molar-refractivity contribution in [1.82, 2.24) is 4.90 Å². The number of carbonyl (C=O) groups excluding carboxylic acids is 1. The zero-order valence-electron chi connectivity index (χ0n) is 10.1. The van der Waals surface area contributed by atoms with Gasteiger partial charge in [-0.2, -0.15) is 0 Å². The third-order valence-electron chi connectivity index (χ3n) is 3.03. The Labute approximate surface area is 101 Å². The van der Waals surface area contributed by atoms with Gasteiger partial charge < -0.3 is 14.7 Å². The fourth-order valence-corrected chi connectivity index (χ4v) is 1.84. The molecule has 0 bridgehead atoms. The number of aromatic hydroxyl groups is 1. The van der Waals surface area contributed by atoms with E-state index in [1.165, 1.54) is 20.0 Å². The lowest BCUT2D eigenvalue weighted by Crippen LogP contribution is -2.28. The van der Waals surface area contributed by atoms with Gasteiger partial charge in [0.1, 0.15) is 0 Å². The second-order valence-electron chi connectivity index (χ2n) is 4.49. The van der Waals surface area contributed by atoms with Gasteiger partial charge in [0.2, 0.25) is 0 Å². The molecule has 4 nitrogen and oxygen atoms in total. The summed E-state index contributed by atoms with van der Waals surface area (Å²) in [5, 5.41) is 9.89. The van der Waals surface area contributed by atoms with Gasteiger partial charge in [0, 0.05) is 13.6 Å². The maximum Gasteiger partial charge on any atom is 0.257 e. The number of phenolic OH excluding ortho intramolecular Hbond substituents is 1. The fraction of sp³-hybridized carbons (Fsp3) is 0.462. The lowest BCUT2D eigenvalue weighted by molar-refractivity contribution is 0.0785. The van der Waals surface area contributed by atoms with Crippen molar-refractivity contribution in [3.8, 4) is 11.5 Å². The van der Waals surface area contributed by atoms with Gasteiger partial charge >= 0.3 is 0 Å². The molecule has 1 N–H and O–H groups in total. The average molecular weight is 235 g/mol. The molecule has 1 aliphatic rings. The van der Waals surface area contributed by atoms with Crippen LogP contribution < -0.4 is 4.74 Å². The Morgan fingerprint density at radius 2 is 2.24 bits per heavy atom. The minimum atomic E-state index is -0.159. The Morgan fingerprint density at radius 1 is 1.53 bits per heavy atom. The second kappa shape index (κ2) is 4.65. The Balaban J connectivity index is 2.17. The van der Waals surface area contributed by atoms with Gasteiger partial charge in [0.15, 0.2) is 11.5 Å². The van der Waals surface area contributed by atoms with Crippen molar-refractivity contribution < 1.29 is 14.6 Å². The number of phenols is 1. The van der Waals surface area contributed by atoms with E-state index in [0.29, 0.717) is 17.2 Å². The first-order chi connectivity index (χ1) is 8.13. The van der Waals surface area contributed by atoms with E-state index in [2.05, 4.69) is 0 Å². The first kappa shape index (κ1) is 11.8. The first-order valence-electron chi connectivity index (χ1n) is 5.75. The maximum atomic E-state index is 12.1. The van der Waals surface area contributed by atoms with Gasteiger partial charge in [-0.1, -0.05) is 6.07 Å². The molecule has 1 fully saturated rings. The molecule has 4 heteroatoms. The number of para-hydroxylation sites is 1. The van der Waals surface area contributed by atoms with Crippen LogP contribution in [0.4, 0.5) is 0 Å². The summed E-state index contributed by atoms with van der Waals surface area (Å²) >= 11 is 0. The summed E-state index contributed by atoms with van der Waals surface area (Å²) < 4.78 is 4.99. The molecule has 0 atom stereocenters. The zero-order valence-corrected chi connectivity index (χ0v) is 10.1. The standard InChI is InChI=1S/C13H17NO3/c1-14(8-9-6-7-9)13(16)10-4-3-5-11(17-2)12(10)15/h3-5,9,15H,6-8H2,1-2H3. The van der Waals surface area contributed by atoms with Crippen molar-refractivity contribution in [3.63, 3.8) is 0 Å². The normalized spacial score (nSPS) is 14.5. The van der Waals surface area contributed by atoms with Gasteiger partial charge in [-0.25, -0.2) is 0 Å². The second-order valence-corrected chi connectivity index (χ2v) is 4.49. The third kappa shape index (κ3) is 2.52. The summed E-state index contributed by atoms with van der Waals surface area (Å²) in [6, 6.07) is 4.95. The Morgan fingerprint density at radius 3 is 2.82 bits per heavy atom. The molecular formula is C13H17NO3. The predicted octanol–water partition coefficient (Wildman–Crippen LogP) is 1.88. The fourth-order valence-electron chi connectivity index (χ4n) is 1.84. The summed E-state index contributed by atoms with van der Waals surface area (Å²) in [4.78, 5) is 13.8. The molecule has 1 saturated carbocycles. The maximum absolute atomic E-state index is 12.1. The Bertz CT molecular complexity index is 427. The van der Waals surface area contributed by atoms with Gasteiger partial charge in [0.25, 0.3) is 5.91 Å². The van der Waals surface area contributed by atoms with Crippen LogP contribution in [0, 0.1) is 5.92 Å². The molecule has 1 aromatic rings. The number of methoxy groups -OCH3 is 1. The van der Waals surface area contributed by atoms with Crippen LogP contribution in [0.5, 0.6) is 11.5 Å². The van der Waals surface area contributed by atoms with E-state index in [4.69, 9.17) is 4.74 Å². The molecule has 92 valence electrons. The van der Waals surface area contributed by atoms with Crippen molar-refractivity contribution in [2.45, 2.75) is 12.8 Å². The molecule has 0 radical (unpaired) electrons. The largest absolute Gasteiger partial charge is 0.504 e. The predicted molar refractivity (Wildman–Crippen MR) is 64.3 cm³/mol. The number of amides is 1. The summed E-state index contributed by atoms with van der Waals surface area (Å²) in [6.45, 7) is 0.759. The molecule has 0 spiro atoms. The molecule has 1 amide bonds. The summed E-state index contributed by atoms with van der Waals surface area (Å²) in [7, 11) is 3.23. The van der Waals surface area contributed by atoms with Crippen molar-refractivity contribution in [2.75, 3.05) is 20.7 Å². The number of benzene rings is 1. The molecule has 0 saturated heterocycles. The average Bonchev–Trinajstić information content (AvgIpc) is 3.12. The summed E-state index contributed by atoms with van der Waals surface area (Å²) in [5.41, 5.74) is 0.299. The van der Waals surface area contributed by atoms with Crippen LogP contribution in [-0.4, -0.2) is 36.6 Å². The number of hydrogen-bond acceptors (Lipinski definition) is 3. The van der Waals surface area contributed by atoms with E-state index in [9.17, 15) is 9.90 Å². The molecule has 1 aromatic carbocycles. The van der Waals surface area contributed by atoms with E-state index in [1.807, 2.05) is 0 Å². The van der Waals surface area contributed by atoms with Crippen LogP contribution in [0.2, 0.25) is 0 Å². The smallest absolute Gasteiger partial charge is 0.257 e. The number of hydrogen-bond donors (Lipinski definition) is 1. The van der Waals surface area contributed by atoms with Crippen molar-refractivity contribution in [3.05, 3.63) is 23.8 Å². The first-order valence-corrected chi connectivity index (χ1v) is 5.75. The zero-order chi connectivity index (χ0) is 12.4. The SMILES string of the molecule is COc1cccc(C(=O)N(C)CC2CC2)c1O. The molecule has 0 aromatic heterocycles. The van der Waals surface area contributed by atoms with Crippen LogP contribution in [0.15, 0.2) is 18.2 Å². The van der Waals surface area contributed by atoms with Crippen molar-refractivity contribution >= 4 is 5.91 Å². The minimum Gasteiger partial charge on any atom is -0.504 e. The van der Waals surface area contributed by atoms with Crippen LogP contribution >= 0.6 is 0 Å². The topological polar surface area (TPSA) is 49.8 Å². The summed E-state index contributed by atoms with van der Waals surface area (Å²) in [5.74, 6) is 0.725. The van der Waals surface area contributed by atoms with Gasteiger partial charge in [-0.15, -0.1) is 0 Å². The molecule has 0 unspecified atom stereocenters. The molecular weight excluding hydrogens is 218 g/mol. The molecule has 0 heterocycles.